The number of methoxy groups -OCH3 is 1. The second kappa shape index (κ2) is 10.9. The lowest BCUT2D eigenvalue weighted by atomic mass is 9.85. The number of aromatic nitrogens is 3. The highest BCUT2D eigenvalue weighted by atomic mass is 19.1. The number of rotatable bonds is 6. The molecule has 9 nitrogen and oxygen atoms in total. The van der Waals surface area contributed by atoms with E-state index in [1.165, 1.54) is 19.8 Å². The number of amides is 1. The Morgan fingerprint density at radius 3 is 2.62 bits per heavy atom. The molecule has 3 aromatic rings. The van der Waals surface area contributed by atoms with E-state index in [0.717, 1.165) is 44.9 Å². The predicted molar refractivity (Wildman–Crippen MR) is 136 cm³/mol. The smallest absolute Gasteiger partial charge is 0.328 e. The lowest BCUT2D eigenvalue weighted by Crippen LogP contribution is -2.37. The van der Waals surface area contributed by atoms with E-state index < -0.39 is 17.9 Å². The molecule has 198 valence electrons. The monoisotopic (exact) mass is 511 g/mol. The number of anilines is 1. The van der Waals surface area contributed by atoms with Crippen LogP contribution in [0.5, 0.6) is 0 Å². The number of nitrogens with one attached hydrogen (secondary N) is 2. The van der Waals surface area contributed by atoms with Crippen molar-refractivity contribution in [1.82, 2.24) is 20.4 Å². The number of hydrogen-bond donors (Lipinski definition) is 2. The van der Waals surface area contributed by atoms with Crippen molar-refractivity contribution < 1.29 is 23.2 Å². The molecule has 10 heteroatoms. The first-order valence-electron chi connectivity index (χ1n) is 13.2. The van der Waals surface area contributed by atoms with E-state index in [2.05, 4.69) is 15.5 Å². The molecule has 37 heavy (non-hydrogen) atoms. The first kappa shape index (κ1) is 25.2. The first-order valence-corrected chi connectivity index (χ1v) is 13.2. The SMILES string of the molecule is COC(=O)[C@H]1CCCN1c1ccc2[nH]c(C(NC(=O)c3conc3C)C3CCCCCCC3)nc2c1F. The molecular weight excluding hydrogens is 477 g/mol. The maximum absolute atomic E-state index is 15.9. The van der Waals surface area contributed by atoms with Gasteiger partial charge in [0, 0.05) is 6.54 Å². The van der Waals surface area contributed by atoms with Gasteiger partial charge in [0.2, 0.25) is 0 Å². The van der Waals surface area contributed by atoms with Crippen LogP contribution in [-0.2, 0) is 9.53 Å². The Balaban J connectivity index is 1.50. The van der Waals surface area contributed by atoms with Crippen molar-refractivity contribution in [2.75, 3.05) is 18.6 Å². The normalized spacial score (nSPS) is 20.0. The summed E-state index contributed by atoms with van der Waals surface area (Å²) in [5, 5.41) is 6.98. The molecule has 1 unspecified atom stereocenters. The Labute approximate surface area is 215 Å². The summed E-state index contributed by atoms with van der Waals surface area (Å²) in [6.45, 7) is 2.29. The summed E-state index contributed by atoms with van der Waals surface area (Å²) in [6, 6.07) is 2.55. The predicted octanol–water partition coefficient (Wildman–Crippen LogP) is 4.97. The third-order valence-electron chi connectivity index (χ3n) is 7.82. The molecule has 2 aliphatic rings. The summed E-state index contributed by atoms with van der Waals surface area (Å²) < 4.78 is 25.8. The summed E-state index contributed by atoms with van der Waals surface area (Å²) in [7, 11) is 1.35. The summed E-state index contributed by atoms with van der Waals surface area (Å²) in [5.74, 6) is -0.436. The van der Waals surface area contributed by atoms with Crippen LogP contribution in [0.15, 0.2) is 22.9 Å². The van der Waals surface area contributed by atoms with Crippen LogP contribution in [0.2, 0.25) is 0 Å². The van der Waals surface area contributed by atoms with Crippen LogP contribution in [0.4, 0.5) is 10.1 Å². The molecule has 1 amide bonds. The van der Waals surface area contributed by atoms with Crippen LogP contribution in [-0.4, -0.2) is 46.7 Å². The molecule has 1 saturated heterocycles. The van der Waals surface area contributed by atoms with Crippen LogP contribution >= 0.6 is 0 Å². The van der Waals surface area contributed by atoms with Gasteiger partial charge in [-0.05, 0) is 50.7 Å². The molecule has 0 bridgehead atoms. The van der Waals surface area contributed by atoms with Crippen LogP contribution in [0.1, 0.15) is 85.7 Å². The van der Waals surface area contributed by atoms with Crippen molar-refractivity contribution in [2.24, 2.45) is 5.92 Å². The molecule has 3 heterocycles. The Hall–Kier alpha value is -3.43. The van der Waals surface area contributed by atoms with Crippen LogP contribution in [0, 0.1) is 18.7 Å². The minimum absolute atomic E-state index is 0.162. The third kappa shape index (κ3) is 5.06. The number of ether oxygens (including phenoxy) is 1. The molecule has 0 radical (unpaired) electrons. The number of imidazole rings is 1. The number of H-pyrrole nitrogens is 1. The fourth-order valence-corrected chi connectivity index (χ4v) is 5.82. The number of halogens is 1. The number of carbonyl (C=O) groups is 2. The third-order valence-corrected chi connectivity index (χ3v) is 7.82. The summed E-state index contributed by atoms with van der Waals surface area (Å²) in [6.07, 6.45) is 10.4. The van der Waals surface area contributed by atoms with Gasteiger partial charge in [0.05, 0.1) is 30.0 Å². The van der Waals surface area contributed by atoms with Crippen molar-refractivity contribution in [3.05, 3.63) is 41.3 Å². The minimum Gasteiger partial charge on any atom is -0.467 e. The van der Waals surface area contributed by atoms with Crippen molar-refractivity contribution in [2.45, 2.75) is 76.8 Å². The van der Waals surface area contributed by atoms with Gasteiger partial charge in [-0.2, -0.15) is 0 Å². The molecule has 2 N–H and O–H groups in total. The zero-order valence-electron chi connectivity index (χ0n) is 21.4. The van der Waals surface area contributed by atoms with E-state index in [9.17, 15) is 9.59 Å². The number of carbonyl (C=O) groups excluding carboxylic acids is 2. The largest absolute Gasteiger partial charge is 0.467 e. The van der Waals surface area contributed by atoms with Gasteiger partial charge in [-0.25, -0.2) is 14.2 Å². The van der Waals surface area contributed by atoms with Gasteiger partial charge in [-0.1, -0.05) is 37.3 Å². The lowest BCUT2D eigenvalue weighted by molar-refractivity contribution is -0.141. The highest BCUT2D eigenvalue weighted by Gasteiger charge is 2.35. The molecule has 1 aliphatic carbocycles. The average Bonchev–Trinajstić information content (AvgIpc) is 3.62. The summed E-state index contributed by atoms with van der Waals surface area (Å²) in [5.41, 5.74) is 1.99. The van der Waals surface area contributed by atoms with Gasteiger partial charge in [0.25, 0.3) is 5.91 Å². The van der Waals surface area contributed by atoms with Gasteiger partial charge in [-0.3, -0.25) is 4.79 Å². The maximum atomic E-state index is 15.9. The molecule has 2 fully saturated rings. The van der Waals surface area contributed by atoms with E-state index in [-0.39, 0.29) is 23.3 Å². The second-order valence-corrected chi connectivity index (χ2v) is 10.2. The van der Waals surface area contributed by atoms with Gasteiger partial charge in [-0.15, -0.1) is 0 Å². The Bertz CT molecular complexity index is 1260. The van der Waals surface area contributed by atoms with Gasteiger partial charge >= 0.3 is 5.97 Å². The molecule has 2 atom stereocenters. The minimum atomic E-state index is -0.510. The van der Waals surface area contributed by atoms with Crippen LogP contribution in [0.25, 0.3) is 11.0 Å². The molecule has 1 aliphatic heterocycles. The second-order valence-electron chi connectivity index (χ2n) is 10.2. The van der Waals surface area contributed by atoms with E-state index in [1.807, 2.05) is 0 Å². The zero-order chi connectivity index (χ0) is 25.9. The van der Waals surface area contributed by atoms with Crippen LogP contribution in [0.3, 0.4) is 0 Å². The van der Waals surface area contributed by atoms with Gasteiger partial charge in [0.15, 0.2) is 5.82 Å². The highest BCUT2D eigenvalue weighted by Crippen LogP contribution is 2.36. The van der Waals surface area contributed by atoms with E-state index in [1.54, 1.807) is 24.0 Å². The number of benzene rings is 1. The fourth-order valence-electron chi connectivity index (χ4n) is 5.82. The van der Waals surface area contributed by atoms with Crippen LogP contribution < -0.4 is 10.2 Å². The number of aromatic amines is 1. The Kier molecular flexibility index (Phi) is 7.43. The Morgan fingerprint density at radius 2 is 1.92 bits per heavy atom. The molecular formula is C27H34FN5O4. The van der Waals surface area contributed by atoms with E-state index in [4.69, 9.17) is 14.2 Å². The molecule has 1 saturated carbocycles. The van der Waals surface area contributed by atoms with Crippen molar-refractivity contribution in [1.29, 1.82) is 0 Å². The summed E-state index contributed by atoms with van der Waals surface area (Å²) in [4.78, 5) is 35.2. The van der Waals surface area contributed by atoms with Crippen molar-refractivity contribution >= 4 is 28.6 Å². The van der Waals surface area contributed by atoms with Crippen molar-refractivity contribution in [3.63, 3.8) is 0 Å². The fraction of sp³-hybridized carbons (Fsp3) is 0.556. The number of aryl methyl sites for hydroxylation is 1. The standard InChI is InChI=1S/C27H34FN5O4/c1-16-18(15-37-32-16)26(34)31-23(17-9-6-4-3-5-7-10-17)25-29-19-12-13-20(22(28)24(19)30-25)33-14-8-11-21(33)27(35)36-2/h12-13,15,17,21,23H,3-11,14H2,1-2H3,(H,29,30)(H,31,34)/t21-,23?/m1/s1. The number of fused-ring (bicyclic) bond motifs is 1. The van der Waals surface area contributed by atoms with Gasteiger partial charge < -0.3 is 24.5 Å². The first-order chi connectivity index (χ1) is 18.0. The molecule has 5 rings (SSSR count). The number of nitrogens with zero attached hydrogens (tertiary/aromatic N) is 3. The molecule has 1 aromatic carbocycles. The topological polar surface area (TPSA) is 113 Å². The lowest BCUT2D eigenvalue weighted by Gasteiger charge is -2.28. The van der Waals surface area contributed by atoms with Gasteiger partial charge in [0.1, 0.15) is 29.2 Å². The maximum Gasteiger partial charge on any atom is 0.328 e. The summed E-state index contributed by atoms with van der Waals surface area (Å²) >= 11 is 0. The number of hydrogen-bond acceptors (Lipinski definition) is 7. The number of esters is 1. The quantitative estimate of drug-likeness (QED) is 0.449. The molecule has 0 spiro atoms. The average molecular weight is 512 g/mol. The van der Waals surface area contributed by atoms with Crippen molar-refractivity contribution in [3.8, 4) is 0 Å². The van der Waals surface area contributed by atoms with E-state index >= 15 is 4.39 Å². The molecule has 2 aromatic heterocycles. The highest BCUT2D eigenvalue weighted by molar-refractivity contribution is 5.95. The Morgan fingerprint density at radius 1 is 1.16 bits per heavy atom. The zero-order valence-corrected chi connectivity index (χ0v) is 21.4. The van der Waals surface area contributed by atoms with E-state index in [0.29, 0.717) is 41.3 Å².